The zero-order chi connectivity index (χ0) is 41.3. The quantitative estimate of drug-likeness (QED) is 0.226. The molecule has 18 heteroatoms. The van der Waals surface area contributed by atoms with E-state index in [1.54, 1.807) is 52.5 Å². The number of guanidine groups is 1. The number of pyridine rings is 1. The third kappa shape index (κ3) is 10.2. The predicted molar refractivity (Wildman–Crippen MR) is 212 cm³/mol. The Morgan fingerprint density at radius 1 is 0.964 bits per heavy atom. The molecular formula is C38H48Cl2N6O9S. The van der Waals surface area contributed by atoms with Crippen LogP contribution in [0.4, 0.5) is 9.59 Å². The van der Waals surface area contributed by atoms with Crippen molar-refractivity contribution in [3.05, 3.63) is 63.3 Å². The molecule has 2 fully saturated rings. The van der Waals surface area contributed by atoms with Crippen LogP contribution in [0, 0.1) is 13.8 Å². The van der Waals surface area contributed by atoms with E-state index in [0.29, 0.717) is 11.3 Å². The number of aryl methyl sites for hydroxylation is 2. The smallest absolute Gasteiger partial charge is 0.437 e. The highest BCUT2D eigenvalue weighted by atomic mass is 35.5. The molecule has 304 valence electrons. The Labute approximate surface area is 336 Å². The van der Waals surface area contributed by atoms with Crippen LogP contribution >= 0.6 is 23.2 Å². The number of aliphatic hydroxyl groups is 1. The van der Waals surface area contributed by atoms with E-state index in [4.69, 9.17) is 37.4 Å². The number of sulfonamides is 1. The molecule has 0 spiro atoms. The fourth-order valence-electron chi connectivity index (χ4n) is 6.42. The second-order valence-corrected chi connectivity index (χ2v) is 18.3. The van der Waals surface area contributed by atoms with Crippen molar-refractivity contribution >= 4 is 68.2 Å². The first kappa shape index (κ1) is 42.9. The summed E-state index contributed by atoms with van der Waals surface area (Å²) in [5.41, 5.74) is 1.01. The monoisotopic (exact) mass is 834 g/mol. The number of nitrogens with one attached hydrogen (secondary N) is 1. The highest BCUT2D eigenvalue weighted by Crippen LogP contribution is 2.37. The molecule has 3 heterocycles. The average Bonchev–Trinajstić information content (AvgIpc) is 3.48. The maximum absolute atomic E-state index is 14.3. The van der Waals surface area contributed by atoms with Gasteiger partial charge in [0, 0.05) is 60.8 Å². The summed E-state index contributed by atoms with van der Waals surface area (Å²) >= 11 is 13.3. The molecule has 56 heavy (non-hydrogen) atoms. The number of aliphatic imine (C=N–C) groups is 1. The molecule has 2 N–H and O–H groups in total. The van der Waals surface area contributed by atoms with Gasteiger partial charge in [0.1, 0.15) is 40.0 Å². The number of halogens is 2. The summed E-state index contributed by atoms with van der Waals surface area (Å²) in [5.74, 6) is -0.189. The van der Waals surface area contributed by atoms with Gasteiger partial charge in [0.15, 0.2) is 0 Å². The van der Waals surface area contributed by atoms with Gasteiger partial charge in [0.2, 0.25) is 21.9 Å². The molecule has 2 saturated heterocycles. The molecule has 2 atom stereocenters. The van der Waals surface area contributed by atoms with E-state index in [9.17, 15) is 27.9 Å². The molecule has 2 aromatic carbocycles. The van der Waals surface area contributed by atoms with E-state index in [0.717, 1.165) is 20.9 Å². The fourth-order valence-corrected chi connectivity index (χ4v) is 8.92. The lowest BCUT2D eigenvalue weighted by atomic mass is 10.1. The molecule has 2 aliphatic rings. The zero-order valence-corrected chi connectivity index (χ0v) is 35.0. The molecule has 2 aliphatic heterocycles. The van der Waals surface area contributed by atoms with Gasteiger partial charge in [-0.3, -0.25) is 10.1 Å². The number of piperazine rings is 1. The van der Waals surface area contributed by atoms with Gasteiger partial charge in [0.05, 0.1) is 11.1 Å². The molecule has 0 saturated carbocycles. The number of alkyl carbamates (subject to hydrolysis) is 1. The van der Waals surface area contributed by atoms with Crippen molar-refractivity contribution in [3.63, 3.8) is 0 Å². The summed E-state index contributed by atoms with van der Waals surface area (Å²) in [6.45, 7) is 13.8. The number of para-hydroxylation sites is 1. The lowest BCUT2D eigenvalue weighted by Crippen LogP contribution is -2.57. The van der Waals surface area contributed by atoms with Gasteiger partial charge >= 0.3 is 12.2 Å². The van der Waals surface area contributed by atoms with Crippen LogP contribution in [0.1, 0.15) is 64.8 Å². The summed E-state index contributed by atoms with van der Waals surface area (Å²) in [5, 5.41) is 14.1. The summed E-state index contributed by atoms with van der Waals surface area (Å²) in [6.07, 6.45) is -3.04. The Balaban J connectivity index is 1.33. The normalized spacial score (nSPS) is 18.6. The number of β-amino-alcohol motifs (C(OH)–C–C–N with tert-alkyl or cyclic N) is 1. The minimum atomic E-state index is -4.46. The number of rotatable bonds is 6. The molecule has 2 unspecified atom stereocenters. The lowest BCUT2D eigenvalue weighted by Gasteiger charge is -2.38. The van der Waals surface area contributed by atoms with Crippen LogP contribution in [0.15, 0.2) is 46.3 Å². The van der Waals surface area contributed by atoms with Crippen molar-refractivity contribution in [1.82, 2.24) is 24.4 Å². The van der Waals surface area contributed by atoms with E-state index < -0.39 is 51.5 Å². The van der Waals surface area contributed by atoms with Gasteiger partial charge in [-0.15, -0.1) is 4.99 Å². The average molecular weight is 836 g/mol. The number of benzene rings is 2. The standard InChI is InChI=1S/C38H48Cl2N6O9S/c1-22-18-23(2)41-32-25(22)10-9-11-29(32)53-21-26-27(39)12-13-30(31(26)40)56(51,52)46-20-24(47)19-28(46)33(48)44-14-16-45(17-15-44)34(42-35(49)54-37(3,4)5)43-36(50)55-38(6,7)8/h9-13,18,24,28,47H,14-17,19-21H2,1-8H3,(H,42,43,49,50). The Morgan fingerprint density at radius 3 is 2.25 bits per heavy atom. The zero-order valence-electron chi connectivity index (χ0n) is 32.7. The number of carbonyl (C=O) groups excluding carboxylic acids is 3. The van der Waals surface area contributed by atoms with Gasteiger partial charge in [-0.2, -0.15) is 4.31 Å². The number of hydrogen-bond acceptors (Lipinski definition) is 10. The first-order valence-corrected chi connectivity index (χ1v) is 20.3. The van der Waals surface area contributed by atoms with Gasteiger partial charge in [0.25, 0.3) is 0 Å². The summed E-state index contributed by atoms with van der Waals surface area (Å²) in [4.78, 5) is 50.7. The van der Waals surface area contributed by atoms with E-state index in [-0.39, 0.29) is 72.2 Å². The number of ether oxygens (including phenoxy) is 3. The van der Waals surface area contributed by atoms with Crippen LogP contribution < -0.4 is 10.1 Å². The predicted octanol–water partition coefficient (Wildman–Crippen LogP) is 5.82. The lowest BCUT2D eigenvalue weighted by molar-refractivity contribution is -0.136. The van der Waals surface area contributed by atoms with Crippen molar-refractivity contribution < 1.29 is 42.1 Å². The Bertz CT molecular complexity index is 2150. The van der Waals surface area contributed by atoms with Gasteiger partial charge in [-0.1, -0.05) is 35.3 Å². The second-order valence-electron chi connectivity index (χ2n) is 15.7. The minimum Gasteiger partial charge on any atom is -0.487 e. The number of aliphatic hydroxyl groups excluding tert-OH is 1. The van der Waals surface area contributed by atoms with Crippen molar-refractivity contribution in [1.29, 1.82) is 0 Å². The van der Waals surface area contributed by atoms with Crippen molar-refractivity contribution in [2.24, 2.45) is 4.99 Å². The van der Waals surface area contributed by atoms with Crippen LogP contribution in [0.3, 0.4) is 0 Å². The third-order valence-electron chi connectivity index (χ3n) is 8.86. The summed E-state index contributed by atoms with van der Waals surface area (Å²) in [6, 6.07) is 8.91. The highest BCUT2D eigenvalue weighted by molar-refractivity contribution is 7.89. The van der Waals surface area contributed by atoms with Gasteiger partial charge in [-0.05, 0) is 85.2 Å². The number of amides is 3. The Hall–Kier alpha value is -4.22. The maximum atomic E-state index is 14.3. The van der Waals surface area contributed by atoms with E-state index >= 15 is 0 Å². The van der Waals surface area contributed by atoms with Crippen molar-refractivity contribution in [3.8, 4) is 5.75 Å². The number of hydrogen-bond donors (Lipinski definition) is 2. The van der Waals surface area contributed by atoms with Crippen LogP contribution in [-0.4, -0.2) is 113 Å². The van der Waals surface area contributed by atoms with Crippen LogP contribution in [0.25, 0.3) is 10.9 Å². The second kappa shape index (κ2) is 16.7. The minimum absolute atomic E-state index is 0.0773. The van der Waals surface area contributed by atoms with Gasteiger partial charge < -0.3 is 29.1 Å². The Kier molecular flexibility index (Phi) is 12.8. The van der Waals surface area contributed by atoms with Crippen molar-refractivity contribution in [2.45, 2.75) is 96.7 Å². The molecular weight excluding hydrogens is 787 g/mol. The summed E-state index contributed by atoms with van der Waals surface area (Å²) < 4.78 is 46.3. The molecule has 1 aromatic heterocycles. The van der Waals surface area contributed by atoms with Crippen molar-refractivity contribution in [2.75, 3.05) is 32.7 Å². The number of nitrogens with zero attached hydrogens (tertiary/aromatic N) is 5. The number of carbonyl (C=O) groups is 3. The number of aromatic nitrogens is 1. The Morgan fingerprint density at radius 2 is 1.61 bits per heavy atom. The highest BCUT2D eigenvalue weighted by Gasteiger charge is 2.46. The van der Waals surface area contributed by atoms with Crippen LogP contribution in [0.2, 0.25) is 10.0 Å². The molecule has 0 bridgehead atoms. The molecule has 0 aliphatic carbocycles. The largest absolute Gasteiger partial charge is 0.487 e. The van der Waals surface area contributed by atoms with E-state index in [2.05, 4.69) is 15.3 Å². The first-order chi connectivity index (χ1) is 26.0. The molecule has 15 nitrogen and oxygen atoms in total. The first-order valence-electron chi connectivity index (χ1n) is 18.1. The van der Waals surface area contributed by atoms with Gasteiger partial charge in [-0.25, -0.2) is 23.0 Å². The third-order valence-corrected chi connectivity index (χ3v) is 11.7. The van der Waals surface area contributed by atoms with E-state index in [1.807, 2.05) is 32.0 Å². The SMILES string of the molecule is Cc1cc(C)c2cccc(OCc3c(Cl)ccc(S(=O)(=O)N4CC(O)CC4C(=O)N4CCN(/C(=N/C(=O)OC(C)(C)C)NC(=O)OC(C)(C)C)CC4)c3Cl)c2n1. The molecule has 5 rings (SSSR count). The number of fused-ring (bicyclic) bond motifs is 1. The van der Waals surface area contributed by atoms with Crippen LogP contribution in [0.5, 0.6) is 5.75 Å². The topological polar surface area (TPSA) is 180 Å². The fraction of sp³-hybridized carbons (Fsp3) is 0.500. The molecule has 0 radical (unpaired) electrons. The molecule has 3 aromatic rings. The van der Waals surface area contributed by atoms with E-state index in [1.165, 1.54) is 17.0 Å². The maximum Gasteiger partial charge on any atom is 0.437 e. The molecule has 3 amide bonds. The van der Waals surface area contributed by atoms with Crippen LogP contribution in [-0.2, 0) is 30.9 Å². The summed E-state index contributed by atoms with van der Waals surface area (Å²) in [7, 11) is -4.46.